The van der Waals surface area contributed by atoms with Gasteiger partial charge < -0.3 is 10.1 Å². The van der Waals surface area contributed by atoms with Gasteiger partial charge in [-0.3, -0.25) is 9.78 Å². The second-order valence-corrected chi connectivity index (χ2v) is 6.30. The summed E-state index contributed by atoms with van der Waals surface area (Å²) in [4.78, 5) is 30.1. The minimum atomic E-state index is -1.30. The molecule has 27 heavy (non-hydrogen) atoms. The highest BCUT2D eigenvalue weighted by Crippen LogP contribution is 2.23. The Hall–Kier alpha value is -3.52. The molecule has 0 amide bonds. The maximum Gasteiger partial charge on any atom is 0.341 e. The number of nitrogens with one attached hydrogen (secondary N) is 1. The lowest BCUT2D eigenvalue weighted by atomic mass is 10.1. The lowest BCUT2D eigenvalue weighted by Gasteiger charge is -2.08. The van der Waals surface area contributed by atoms with Crippen molar-refractivity contribution in [3.05, 3.63) is 75.3 Å². The number of aromatic amines is 1. The summed E-state index contributed by atoms with van der Waals surface area (Å²) in [5.74, 6) is -1.30. The van der Waals surface area contributed by atoms with Crippen molar-refractivity contribution >= 4 is 28.5 Å². The fourth-order valence-electron chi connectivity index (χ4n) is 2.82. The minimum absolute atomic E-state index is 0.291. The van der Waals surface area contributed by atoms with Gasteiger partial charge in [0.2, 0.25) is 0 Å². The third kappa shape index (κ3) is 3.30. The van der Waals surface area contributed by atoms with Crippen LogP contribution in [0.25, 0.3) is 22.3 Å². The monoisotopic (exact) mass is 381 g/mol. The van der Waals surface area contributed by atoms with Crippen LogP contribution in [-0.2, 0) is 6.54 Å². The second kappa shape index (κ2) is 6.65. The summed E-state index contributed by atoms with van der Waals surface area (Å²) >= 11 is 6.17. The molecule has 9 heteroatoms. The number of aromatic nitrogens is 5. The number of hydrogen-bond donors (Lipinski definition) is 2. The second-order valence-electron chi connectivity index (χ2n) is 5.86. The predicted octanol–water partition coefficient (Wildman–Crippen LogP) is 2.58. The molecule has 0 fully saturated rings. The molecule has 0 bridgehead atoms. The Kier molecular flexibility index (Phi) is 4.17. The van der Waals surface area contributed by atoms with Crippen molar-refractivity contribution in [3.8, 4) is 11.4 Å². The Morgan fingerprint density at radius 1 is 1.22 bits per heavy atom. The number of benzene rings is 1. The molecule has 0 aliphatic rings. The lowest BCUT2D eigenvalue weighted by Crippen LogP contribution is -2.17. The average molecular weight is 382 g/mol. The molecule has 0 radical (unpaired) electrons. The van der Waals surface area contributed by atoms with Crippen LogP contribution in [0.1, 0.15) is 15.9 Å². The number of carboxylic acids is 1. The molecule has 0 aliphatic carbocycles. The highest BCUT2D eigenvalue weighted by molar-refractivity contribution is 6.31. The number of aromatic carboxylic acids is 1. The first kappa shape index (κ1) is 16.9. The van der Waals surface area contributed by atoms with Crippen LogP contribution in [0.5, 0.6) is 0 Å². The number of carboxylic acid groups (broad SMARTS) is 1. The van der Waals surface area contributed by atoms with Crippen LogP contribution in [0.15, 0.2) is 53.6 Å². The van der Waals surface area contributed by atoms with Crippen LogP contribution in [0.2, 0.25) is 5.02 Å². The molecular formula is C18H12ClN5O3. The van der Waals surface area contributed by atoms with Crippen LogP contribution in [0, 0.1) is 0 Å². The van der Waals surface area contributed by atoms with E-state index in [1.165, 1.54) is 6.07 Å². The molecule has 2 N–H and O–H groups in total. The van der Waals surface area contributed by atoms with Gasteiger partial charge in [-0.2, -0.15) is 0 Å². The van der Waals surface area contributed by atoms with Gasteiger partial charge in [0.25, 0.3) is 5.56 Å². The van der Waals surface area contributed by atoms with E-state index in [1.54, 1.807) is 29.2 Å². The van der Waals surface area contributed by atoms with Gasteiger partial charge in [-0.15, -0.1) is 5.10 Å². The van der Waals surface area contributed by atoms with Crippen molar-refractivity contribution in [1.82, 2.24) is 25.0 Å². The molecule has 1 aromatic carbocycles. The van der Waals surface area contributed by atoms with Crippen molar-refractivity contribution in [2.24, 2.45) is 0 Å². The topological polar surface area (TPSA) is 114 Å². The number of halogens is 1. The summed E-state index contributed by atoms with van der Waals surface area (Å²) in [5, 5.41) is 18.3. The van der Waals surface area contributed by atoms with Crippen molar-refractivity contribution in [2.75, 3.05) is 0 Å². The number of nitrogens with zero attached hydrogens (tertiary/aromatic N) is 4. The minimum Gasteiger partial charge on any atom is -0.477 e. The first-order valence-electron chi connectivity index (χ1n) is 7.91. The third-order valence-electron chi connectivity index (χ3n) is 4.03. The molecule has 0 saturated carbocycles. The van der Waals surface area contributed by atoms with Crippen LogP contribution in [-0.4, -0.2) is 36.0 Å². The molecule has 0 unspecified atom stereocenters. The van der Waals surface area contributed by atoms with E-state index in [-0.39, 0.29) is 5.56 Å². The van der Waals surface area contributed by atoms with Gasteiger partial charge in [0.05, 0.1) is 24.0 Å². The fourth-order valence-corrected chi connectivity index (χ4v) is 3.07. The number of carbonyl (C=O) groups is 1. The van der Waals surface area contributed by atoms with Crippen molar-refractivity contribution in [1.29, 1.82) is 0 Å². The summed E-state index contributed by atoms with van der Waals surface area (Å²) in [6.45, 7) is 0.291. The van der Waals surface area contributed by atoms with Crippen LogP contribution >= 0.6 is 11.6 Å². The van der Waals surface area contributed by atoms with Crippen LogP contribution in [0.3, 0.4) is 0 Å². The van der Waals surface area contributed by atoms with E-state index in [4.69, 9.17) is 16.7 Å². The number of fused-ring (bicyclic) bond motifs is 1. The van der Waals surface area contributed by atoms with E-state index >= 15 is 0 Å². The predicted molar refractivity (Wildman–Crippen MR) is 98.9 cm³/mol. The smallest absolute Gasteiger partial charge is 0.341 e. The Bertz CT molecular complexity index is 1220. The normalized spacial score (nSPS) is 11.0. The Balaban J connectivity index is 1.76. The molecule has 3 heterocycles. The van der Waals surface area contributed by atoms with Crippen molar-refractivity contribution in [3.63, 3.8) is 0 Å². The summed E-state index contributed by atoms with van der Waals surface area (Å²) in [6.07, 6.45) is 3.41. The number of H-pyrrole nitrogens is 1. The molecule has 0 saturated heterocycles. The molecule has 8 nitrogen and oxygen atoms in total. The Morgan fingerprint density at radius 3 is 2.81 bits per heavy atom. The number of rotatable bonds is 4. The van der Waals surface area contributed by atoms with Gasteiger partial charge in [-0.25, -0.2) is 9.48 Å². The lowest BCUT2D eigenvalue weighted by molar-refractivity contribution is 0.0695. The molecule has 134 valence electrons. The molecular weight excluding hydrogens is 370 g/mol. The number of pyridine rings is 2. The molecule has 4 rings (SSSR count). The molecule has 3 aromatic heterocycles. The Labute approximate surface area is 157 Å². The van der Waals surface area contributed by atoms with E-state index in [1.807, 2.05) is 18.2 Å². The maximum atomic E-state index is 12.0. The van der Waals surface area contributed by atoms with Crippen LogP contribution < -0.4 is 5.56 Å². The van der Waals surface area contributed by atoms with Crippen molar-refractivity contribution in [2.45, 2.75) is 6.54 Å². The number of hydrogen-bond acceptors (Lipinski definition) is 5. The summed E-state index contributed by atoms with van der Waals surface area (Å²) < 4.78 is 1.60. The SMILES string of the molecule is O=C(O)c1cc2cc(Cl)cc(Cn3cc(-c4ccccn4)nn3)c2[nH]c1=O. The van der Waals surface area contributed by atoms with E-state index in [0.717, 1.165) is 0 Å². The third-order valence-corrected chi connectivity index (χ3v) is 4.25. The zero-order valence-electron chi connectivity index (χ0n) is 13.8. The van der Waals surface area contributed by atoms with Gasteiger partial charge in [0, 0.05) is 16.6 Å². The zero-order valence-corrected chi connectivity index (χ0v) is 14.5. The quantitative estimate of drug-likeness (QED) is 0.561. The van der Waals surface area contributed by atoms with E-state index in [9.17, 15) is 9.59 Å². The summed E-state index contributed by atoms with van der Waals surface area (Å²) in [5.41, 5.74) is 1.48. The van der Waals surface area contributed by atoms with E-state index in [0.29, 0.717) is 39.4 Å². The molecule has 0 spiro atoms. The van der Waals surface area contributed by atoms with E-state index in [2.05, 4.69) is 20.3 Å². The largest absolute Gasteiger partial charge is 0.477 e. The fraction of sp³-hybridized carbons (Fsp3) is 0.0556. The summed E-state index contributed by atoms with van der Waals surface area (Å²) in [7, 11) is 0. The molecule has 4 aromatic rings. The highest BCUT2D eigenvalue weighted by Gasteiger charge is 2.14. The van der Waals surface area contributed by atoms with Gasteiger partial charge in [-0.1, -0.05) is 22.9 Å². The summed E-state index contributed by atoms with van der Waals surface area (Å²) in [6, 6.07) is 10.1. The first-order valence-corrected chi connectivity index (χ1v) is 8.29. The van der Waals surface area contributed by atoms with Gasteiger partial charge in [0.1, 0.15) is 11.3 Å². The van der Waals surface area contributed by atoms with E-state index < -0.39 is 11.5 Å². The first-order chi connectivity index (χ1) is 13.0. The standard InChI is InChI=1S/C18H12ClN5O3/c19-12-5-10-7-13(18(26)27)17(25)21-16(10)11(6-12)8-24-9-15(22-23-24)14-3-1-2-4-20-14/h1-7,9H,8H2,(H,21,25)(H,26,27). The molecule has 0 aliphatic heterocycles. The maximum absolute atomic E-state index is 12.0. The zero-order chi connectivity index (χ0) is 19.0. The Morgan fingerprint density at radius 2 is 2.07 bits per heavy atom. The van der Waals surface area contributed by atoms with Crippen LogP contribution in [0.4, 0.5) is 0 Å². The molecule has 0 atom stereocenters. The average Bonchev–Trinajstić information content (AvgIpc) is 3.11. The van der Waals surface area contributed by atoms with Gasteiger partial charge in [0.15, 0.2) is 0 Å². The van der Waals surface area contributed by atoms with Gasteiger partial charge in [-0.05, 0) is 35.9 Å². The van der Waals surface area contributed by atoms with Gasteiger partial charge >= 0.3 is 5.97 Å². The van der Waals surface area contributed by atoms with Crippen molar-refractivity contribution < 1.29 is 9.90 Å². The highest BCUT2D eigenvalue weighted by atomic mass is 35.5.